The van der Waals surface area contributed by atoms with Crippen LogP contribution in [0.5, 0.6) is 0 Å². The van der Waals surface area contributed by atoms with Crippen LogP contribution in [-0.2, 0) is 17.6 Å². The molecule has 1 aliphatic heterocycles. The minimum atomic E-state index is 0.183. The number of carbonyl (C=O) groups excluding carboxylic acids is 1. The van der Waals surface area contributed by atoms with Crippen LogP contribution in [0.15, 0.2) is 24.3 Å². The van der Waals surface area contributed by atoms with E-state index in [0.717, 1.165) is 45.3 Å². The quantitative estimate of drug-likeness (QED) is 0.913. The molecule has 0 unspecified atom stereocenters. The first-order valence-electron chi connectivity index (χ1n) is 7.87. The van der Waals surface area contributed by atoms with Crippen LogP contribution in [-0.4, -0.2) is 36.5 Å². The molecule has 0 spiro atoms. The summed E-state index contributed by atoms with van der Waals surface area (Å²) >= 11 is 0. The fraction of sp³-hybridized carbons (Fsp3) is 0.588. The number of piperidine rings is 1. The zero-order chi connectivity index (χ0) is 13.9. The molecule has 1 aromatic carbocycles. The molecular weight excluding hydrogens is 248 g/mol. The molecule has 1 aromatic rings. The molecule has 20 heavy (non-hydrogen) atoms. The van der Waals surface area contributed by atoms with E-state index in [4.69, 9.17) is 0 Å². The molecule has 2 aliphatic rings. The van der Waals surface area contributed by atoms with Gasteiger partial charge in [-0.3, -0.25) is 4.79 Å². The Hall–Kier alpha value is -1.35. The fourth-order valence-electron chi connectivity index (χ4n) is 3.58. The standard InChI is InChI=1S/C17H24N2O/c1-2-18-16-7-9-19(10-8-16)17(20)15-11-13-5-3-4-6-14(13)12-15/h3-6,15-16,18H,2,7-12H2,1H3. The van der Waals surface area contributed by atoms with Gasteiger partial charge in [0, 0.05) is 25.0 Å². The Kier molecular flexibility index (Phi) is 4.06. The number of carbonyl (C=O) groups is 1. The molecule has 108 valence electrons. The highest BCUT2D eigenvalue weighted by atomic mass is 16.2. The van der Waals surface area contributed by atoms with Gasteiger partial charge in [0.2, 0.25) is 5.91 Å². The average molecular weight is 272 g/mol. The van der Waals surface area contributed by atoms with Crippen LogP contribution in [0.1, 0.15) is 30.9 Å². The molecule has 0 saturated carbocycles. The Morgan fingerprint density at radius 2 is 1.80 bits per heavy atom. The molecule has 3 nitrogen and oxygen atoms in total. The number of fused-ring (bicyclic) bond motifs is 1. The van der Waals surface area contributed by atoms with Crippen LogP contribution in [0.2, 0.25) is 0 Å². The van der Waals surface area contributed by atoms with Gasteiger partial charge in [-0.05, 0) is 43.4 Å². The Labute approximate surface area is 121 Å². The van der Waals surface area contributed by atoms with E-state index < -0.39 is 0 Å². The largest absolute Gasteiger partial charge is 0.342 e. The number of rotatable bonds is 3. The number of hydrogen-bond donors (Lipinski definition) is 1. The van der Waals surface area contributed by atoms with Gasteiger partial charge in [0.25, 0.3) is 0 Å². The zero-order valence-corrected chi connectivity index (χ0v) is 12.3. The molecular formula is C17H24N2O. The van der Waals surface area contributed by atoms with Gasteiger partial charge in [0.05, 0.1) is 0 Å². The van der Waals surface area contributed by atoms with Crippen molar-refractivity contribution < 1.29 is 4.79 Å². The van der Waals surface area contributed by atoms with Gasteiger partial charge >= 0.3 is 0 Å². The number of amides is 1. The van der Waals surface area contributed by atoms with Gasteiger partial charge in [0.1, 0.15) is 0 Å². The molecule has 0 radical (unpaired) electrons. The molecule has 3 heteroatoms. The number of nitrogens with one attached hydrogen (secondary N) is 1. The van der Waals surface area contributed by atoms with E-state index in [1.54, 1.807) is 0 Å². The van der Waals surface area contributed by atoms with Crippen LogP contribution in [0.3, 0.4) is 0 Å². The molecule has 0 aromatic heterocycles. The Morgan fingerprint density at radius 1 is 1.20 bits per heavy atom. The lowest BCUT2D eigenvalue weighted by Crippen LogP contribution is -2.46. The van der Waals surface area contributed by atoms with Gasteiger partial charge < -0.3 is 10.2 Å². The number of nitrogens with zero attached hydrogens (tertiary/aromatic N) is 1. The second kappa shape index (κ2) is 5.96. The van der Waals surface area contributed by atoms with Crippen molar-refractivity contribution in [2.45, 2.75) is 38.6 Å². The van der Waals surface area contributed by atoms with Crippen molar-refractivity contribution in [1.29, 1.82) is 0 Å². The number of hydrogen-bond acceptors (Lipinski definition) is 2. The second-order valence-corrected chi connectivity index (χ2v) is 6.03. The van der Waals surface area contributed by atoms with Gasteiger partial charge in [-0.1, -0.05) is 31.2 Å². The minimum absolute atomic E-state index is 0.183. The number of likely N-dealkylation sites (tertiary alicyclic amines) is 1. The summed E-state index contributed by atoms with van der Waals surface area (Å²) in [5.74, 6) is 0.555. The van der Waals surface area contributed by atoms with Gasteiger partial charge in [-0.2, -0.15) is 0 Å². The Balaban J connectivity index is 1.56. The van der Waals surface area contributed by atoms with Crippen molar-refractivity contribution in [2.75, 3.05) is 19.6 Å². The van der Waals surface area contributed by atoms with Gasteiger partial charge in [-0.25, -0.2) is 0 Å². The average Bonchev–Trinajstić information content (AvgIpc) is 2.91. The molecule has 1 amide bonds. The maximum atomic E-state index is 12.6. The summed E-state index contributed by atoms with van der Waals surface area (Å²) in [4.78, 5) is 14.7. The maximum Gasteiger partial charge on any atom is 0.226 e. The molecule has 1 fully saturated rings. The first-order valence-corrected chi connectivity index (χ1v) is 7.87. The van der Waals surface area contributed by atoms with Gasteiger partial charge in [0.15, 0.2) is 0 Å². The van der Waals surface area contributed by atoms with Crippen LogP contribution >= 0.6 is 0 Å². The minimum Gasteiger partial charge on any atom is -0.342 e. The van der Waals surface area contributed by atoms with Crippen molar-refractivity contribution in [3.05, 3.63) is 35.4 Å². The second-order valence-electron chi connectivity index (χ2n) is 6.03. The van der Waals surface area contributed by atoms with Gasteiger partial charge in [-0.15, -0.1) is 0 Å². The summed E-state index contributed by atoms with van der Waals surface area (Å²) < 4.78 is 0. The Morgan fingerprint density at radius 3 is 2.35 bits per heavy atom. The van der Waals surface area contributed by atoms with Crippen LogP contribution in [0.25, 0.3) is 0 Å². The third kappa shape index (κ3) is 2.73. The van der Waals surface area contributed by atoms with Crippen molar-refractivity contribution in [3.8, 4) is 0 Å². The summed E-state index contributed by atoms with van der Waals surface area (Å²) in [6.07, 6.45) is 4.06. The normalized spacial score (nSPS) is 20.1. The van der Waals surface area contributed by atoms with Crippen LogP contribution in [0, 0.1) is 5.92 Å². The third-order valence-electron chi connectivity index (χ3n) is 4.70. The Bertz CT molecular complexity index is 453. The first kappa shape index (κ1) is 13.6. The van der Waals surface area contributed by atoms with Crippen molar-refractivity contribution in [1.82, 2.24) is 10.2 Å². The molecule has 0 bridgehead atoms. The monoisotopic (exact) mass is 272 g/mol. The molecule has 1 heterocycles. The predicted molar refractivity (Wildman–Crippen MR) is 80.6 cm³/mol. The van der Waals surface area contributed by atoms with E-state index in [1.165, 1.54) is 11.1 Å². The summed E-state index contributed by atoms with van der Waals surface area (Å²) in [5, 5.41) is 3.49. The highest BCUT2D eigenvalue weighted by molar-refractivity contribution is 5.80. The SMILES string of the molecule is CCNC1CCN(C(=O)C2Cc3ccccc3C2)CC1. The molecule has 1 saturated heterocycles. The third-order valence-corrected chi connectivity index (χ3v) is 4.70. The molecule has 1 N–H and O–H groups in total. The van der Waals surface area contributed by atoms with Crippen molar-refractivity contribution >= 4 is 5.91 Å². The van der Waals surface area contributed by atoms with E-state index >= 15 is 0 Å². The number of benzene rings is 1. The van der Waals surface area contributed by atoms with E-state index in [0.29, 0.717) is 11.9 Å². The van der Waals surface area contributed by atoms with E-state index in [1.807, 2.05) is 0 Å². The smallest absolute Gasteiger partial charge is 0.226 e. The fourth-order valence-corrected chi connectivity index (χ4v) is 3.58. The molecule has 0 atom stereocenters. The van der Waals surface area contributed by atoms with Crippen LogP contribution in [0.4, 0.5) is 0 Å². The van der Waals surface area contributed by atoms with Crippen molar-refractivity contribution in [2.24, 2.45) is 5.92 Å². The summed E-state index contributed by atoms with van der Waals surface area (Å²) in [6, 6.07) is 9.09. The first-order chi connectivity index (χ1) is 9.78. The lowest BCUT2D eigenvalue weighted by molar-refractivity contribution is -0.136. The summed E-state index contributed by atoms with van der Waals surface area (Å²) in [6.45, 7) is 5.01. The lowest BCUT2D eigenvalue weighted by atomic mass is 10.00. The predicted octanol–water partition coefficient (Wildman–Crippen LogP) is 2.00. The topological polar surface area (TPSA) is 32.3 Å². The van der Waals surface area contributed by atoms with E-state index in [9.17, 15) is 4.79 Å². The van der Waals surface area contributed by atoms with E-state index in [-0.39, 0.29) is 5.92 Å². The summed E-state index contributed by atoms with van der Waals surface area (Å²) in [5.41, 5.74) is 2.74. The van der Waals surface area contributed by atoms with Crippen molar-refractivity contribution in [3.63, 3.8) is 0 Å². The molecule has 3 rings (SSSR count). The highest BCUT2D eigenvalue weighted by Gasteiger charge is 2.32. The van der Waals surface area contributed by atoms with Crippen LogP contribution < -0.4 is 5.32 Å². The maximum absolute atomic E-state index is 12.6. The highest BCUT2D eigenvalue weighted by Crippen LogP contribution is 2.28. The zero-order valence-electron chi connectivity index (χ0n) is 12.3. The summed E-state index contributed by atoms with van der Waals surface area (Å²) in [7, 11) is 0. The lowest BCUT2D eigenvalue weighted by Gasteiger charge is -2.33. The van der Waals surface area contributed by atoms with E-state index in [2.05, 4.69) is 41.4 Å². The molecule has 1 aliphatic carbocycles.